The molecule has 5 heteroatoms. The predicted octanol–water partition coefficient (Wildman–Crippen LogP) is 10.2. The molecule has 1 unspecified atom stereocenters. The zero-order chi connectivity index (χ0) is 30.7. The van der Waals surface area contributed by atoms with Gasteiger partial charge in [-0.25, -0.2) is 9.37 Å². The molecule has 45 heavy (non-hydrogen) atoms. The van der Waals surface area contributed by atoms with Gasteiger partial charge in [0.05, 0.1) is 16.6 Å². The van der Waals surface area contributed by atoms with E-state index in [2.05, 4.69) is 88.3 Å². The summed E-state index contributed by atoms with van der Waals surface area (Å²) in [5.41, 5.74) is 8.68. The van der Waals surface area contributed by atoms with Crippen molar-refractivity contribution >= 4 is 47.5 Å². The van der Waals surface area contributed by atoms with Crippen molar-refractivity contribution in [3.63, 3.8) is 0 Å². The van der Waals surface area contributed by atoms with Gasteiger partial charge in [-0.3, -0.25) is 4.57 Å². The fourth-order valence-corrected chi connectivity index (χ4v) is 6.83. The van der Waals surface area contributed by atoms with Gasteiger partial charge in [0.25, 0.3) is 0 Å². The van der Waals surface area contributed by atoms with Gasteiger partial charge >= 0.3 is 0 Å². The van der Waals surface area contributed by atoms with Crippen molar-refractivity contribution in [1.82, 2.24) is 9.55 Å². The number of para-hydroxylation sites is 2. The smallest absolute Gasteiger partial charge is 0.149 e. The third kappa shape index (κ3) is 4.48. The molecule has 6 aromatic carbocycles. The Morgan fingerprint density at radius 3 is 2.24 bits per heavy atom. The van der Waals surface area contributed by atoms with Crippen LogP contribution in [0.1, 0.15) is 25.0 Å². The Morgan fingerprint density at radius 1 is 0.711 bits per heavy atom. The van der Waals surface area contributed by atoms with Crippen molar-refractivity contribution in [3.05, 3.63) is 150 Å². The quantitative estimate of drug-likeness (QED) is 0.183. The minimum Gasteiger partial charge on any atom is -0.455 e. The molecular formula is C40H30FN2OP. The molecule has 218 valence electrons. The van der Waals surface area contributed by atoms with Gasteiger partial charge in [-0.15, -0.1) is 9.24 Å². The van der Waals surface area contributed by atoms with E-state index >= 15 is 4.39 Å². The topological polar surface area (TPSA) is 31.0 Å². The predicted molar refractivity (Wildman–Crippen MR) is 187 cm³/mol. The lowest BCUT2D eigenvalue weighted by Crippen LogP contribution is -2.18. The zero-order valence-corrected chi connectivity index (χ0v) is 26.1. The Hall–Kier alpha value is -5.05. The third-order valence-electron chi connectivity index (χ3n) is 8.96. The van der Waals surface area contributed by atoms with Crippen LogP contribution in [0, 0.1) is 5.82 Å². The van der Waals surface area contributed by atoms with Crippen LogP contribution < -0.4 is 5.30 Å². The number of halogens is 1. The summed E-state index contributed by atoms with van der Waals surface area (Å²) in [7, 11) is 2.87. The van der Waals surface area contributed by atoms with Crippen LogP contribution in [0.5, 0.6) is 0 Å². The molecule has 0 spiro atoms. The van der Waals surface area contributed by atoms with E-state index in [1.165, 1.54) is 17.2 Å². The van der Waals surface area contributed by atoms with Gasteiger partial charge < -0.3 is 4.42 Å². The first-order valence-corrected chi connectivity index (χ1v) is 15.6. The fourth-order valence-electron chi connectivity index (χ4n) is 6.45. The van der Waals surface area contributed by atoms with Gasteiger partial charge in [0.1, 0.15) is 22.8 Å². The van der Waals surface area contributed by atoms with Crippen LogP contribution in [0.2, 0.25) is 0 Å². The first-order valence-electron chi connectivity index (χ1n) is 15.0. The molecule has 2 aromatic heterocycles. The second-order valence-corrected chi connectivity index (χ2v) is 12.6. The molecule has 1 atom stereocenters. The maximum Gasteiger partial charge on any atom is 0.149 e. The summed E-state index contributed by atoms with van der Waals surface area (Å²) in [5.74, 6) is 0.470. The van der Waals surface area contributed by atoms with Gasteiger partial charge in [-0.05, 0) is 64.5 Å². The molecule has 0 N–H and O–H groups in total. The van der Waals surface area contributed by atoms with E-state index < -0.39 is 0 Å². The molecule has 8 aromatic rings. The Kier molecular flexibility index (Phi) is 6.44. The summed E-state index contributed by atoms with van der Waals surface area (Å²) in [5, 5.41) is 3.15. The summed E-state index contributed by atoms with van der Waals surface area (Å²) in [6.45, 7) is 4.49. The van der Waals surface area contributed by atoms with Crippen molar-refractivity contribution in [2.45, 2.75) is 19.3 Å². The summed E-state index contributed by atoms with van der Waals surface area (Å²) >= 11 is 0. The van der Waals surface area contributed by atoms with Crippen LogP contribution in [0.15, 0.2) is 138 Å². The van der Waals surface area contributed by atoms with E-state index in [0.29, 0.717) is 5.56 Å². The molecule has 0 aliphatic carbocycles. The molecule has 0 radical (unpaired) electrons. The van der Waals surface area contributed by atoms with Gasteiger partial charge in [0.15, 0.2) is 0 Å². The first-order chi connectivity index (χ1) is 21.9. The molecule has 0 saturated carbocycles. The SMILES string of the molecule is CC(C)(c1ccccc1)c1ccc2c(c1)oc1c(-c3nc4ccccc4n3-c3ccc(F)c(-c4ccccc4)c3)ccc(P)c12. The van der Waals surface area contributed by atoms with Crippen molar-refractivity contribution < 1.29 is 8.81 Å². The van der Waals surface area contributed by atoms with Gasteiger partial charge in [0, 0.05) is 27.4 Å². The Labute approximate surface area is 263 Å². The molecule has 0 saturated heterocycles. The van der Waals surface area contributed by atoms with Crippen molar-refractivity contribution in [3.8, 4) is 28.2 Å². The molecule has 0 aliphatic heterocycles. The average Bonchev–Trinajstić information content (AvgIpc) is 3.65. The highest BCUT2D eigenvalue weighted by atomic mass is 31.0. The molecule has 0 fully saturated rings. The second kappa shape index (κ2) is 10.5. The lowest BCUT2D eigenvalue weighted by atomic mass is 9.78. The van der Waals surface area contributed by atoms with Crippen LogP contribution in [-0.4, -0.2) is 9.55 Å². The van der Waals surface area contributed by atoms with E-state index in [1.54, 1.807) is 0 Å². The largest absolute Gasteiger partial charge is 0.455 e. The minimum atomic E-state index is -0.266. The van der Waals surface area contributed by atoms with E-state index in [0.717, 1.165) is 60.9 Å². The lowest BCUT2D eigenvalue weighted by Gasteiger charge is -2.26. The molecule has 0 bridgehead atoms. The number of furan rings is 1. The van der Waals surface area contributed by atoms with Crippen LogP contribution in [0.3, 0.4) is 0 Å². The zero-order valence-electron chi connectivity index (χ0n) is 25.0. The van der Waals surface area contributed by atoms with Crippen molar-refractivity contribution in [2.75, 3.05) is 0 Å². The second-order valence-electron chi connectivity index (χ2n) is 12.0. The fraction of sp³-hybridized carbons (Fsp3) is 0.0750. The lowest BCUT2D eigenvalue weighted by molar-refractivity contribution is 0.631. The number of imidazole rings is 1. The van der Waals surface area contributed by atoms with Gasteiger partial charge in [-0.2, -0.15) is 0 Å². The highest BCUT2D eigenvalue weighted by Gasteiger charge is 2.26. The number of rotatable bonds is 5. The molecule has 3 nitrogen and oxygen atoms in total. The van der Waals surface area contributed by atoms with E-state index in [-0.39, 0.29) is 11.2 Å². The van der Waals surface area contributed by atoms with E-state index in [1.807, 2.05) is 66.7 Å². The molecule has 0 aliphatic rings. The number of aromatic nitrogens is 2. The van der Waals surface area contributed by atoms with E-state index in [9.17, 15) is 0 Å². The monoisotopic (exact) mass is 604 g/mol. The van der Waals surface area contributed by atoms with Gasteiger partial charge in [0.2, 0.25) is 0 Å². The molecule has 0 amide bonds. The average molecular weight is 605 g/mol. The summed E-state index contributed by atoms with van der Waals surface area (Å²) < 4.78 is 24.1. The number of fused-ring (bicyclic) bond motifs is 4. The maximum absolute atomic E-state index is 15.2. The summed E-state index contributed by atoms with van der Waals surface area (Å²) in [6.07, 6.45) is 0. The van der Waals surface area contributed by atoms with Crippen molar-refractivity contribution in [1.29, 1.82) is 0 Å². The third-order valence-corrected chi connectivity index (χ3v) is 9.45. The summed E-state index contributed by atoms with van der Waals surface area (Å²) in [6, 6.07) is 44.2. The van der Waals surface area contributed by atoms with Crippen LogP contribution in [0.25, 0.3) is 61.2 Å². The van der Waals surface area contributed by atoms with Crippen LogP contribution >= 0.6 is 9.24 Å². The molecule has 8 rings (SSSR count). The maximum atomic E-state index is 15.2. The minimum absolute atomic E-state index is 0.200. The first kappa shape index (κ1) is 27.5. The van der Waals surface area contributed by atoms with Crippen LogP contribution in [0.4, 0.5) is 4.39 Å². The Morgan fingerprint density at radius 2 is 1.44 bits per heavy atom. The van der Waals surface area contributed by atoms with E-state index in [4.69, 9.17) is 9.40 Å². The standard InChI is InChI=1S/C40H30FN2OP/c1-40(2,26-13-7-4-8-14-26)27-17-19-29-35(23-27)44-38-30(20-22-36(45)37(29)38)39-42-33-15-9-10-16-34(33)43(39)28-18-21-32(41)31(24-28)25-11-5-3-6-12-25/h3-24H,45H2,1-2H3. The Bertz CT molecular complexity index is 2370. The Balaban J connectivity index is 1.36. The summed E-state index contributed by atoms with van der Waals surface area (Å²) in [4.78, 5) is 5.13. The number of hydrogen-bond donors (Lipinski definition) is 0. The number of benzene rings is 6. The van der Waals surface area contributed by atoms with Crippen LogP contribution in [-0.2, 0) is 5.41 Å². The molecular weight excluding hydrogens is 574 g/mol. The van der Waals surface area contributed by atoms with Gasteiger partial charge in [-0.1, -0.05) is 105 Å². The number of hydrogen-bond acceptors (Lipinski definition) is 2. The highest BCUT2D eigenvalue weighted by molar-refractivity contribution is 7.28. The molecule has 2 heterocycles. The number of nitrogens with zero attached hydrogens (tertiary/aromatic N) is 2. The van der Waals surface area contributed by atoms with Crippen molar-refractivity contribution in [2.24, 2.45) is 0 Å². The normalized spacial score (nSPS) is 12.0. The highest BCUT2D eigenvalue weighted by Crippen LogP contribution is 2.40.